The first kappa shape index (κ1) is 13.3. The first-order chi connectivity index (χ1) is 10.6. The highest BCUT2D eigenvalue weighted by Gasteiger charge is 2.10. The van der Waals surface area contributed by atoms with Crippen molar-refractivity contribution >= 4 is 32.3 Å². The Morgan fingerprint density at radius 3 is 1.77 bits per heavy atom. The largest absolute Gasteiger partial charge is 0.0616 e. The molecule has 0 N–H and O–H groups in total. The van der Waals surface area contributed by atoms with E-state index in [2.05, 4.69) is 81.4 Å². The SMILES string of the molecule is Cc1ccc2c3ccc(C(C)C)cc3c3ccccc3c2c1. The van der Waals surface area contributed by atoms with Crippen LogP contribution in [0.15, 0.2) is 60.7 Å². The first-order valence-corrected chi connectivity index (χ1v) is 8.00. The third-order valence-corrected chi connectivity index (χ3v) is 4.68. The van der Waals surface area contributed by atoms with E-state index >= 15 is 0 Å². The summed E-state index contributed by atoms with van der Waals surface area (Å²) in [7, 11) is 0. The third kappa shape index (κ3) is 1.91. The summed E-state index contributed by atoms with van der Waals surface area (Å²) in [5.41, 5.74) is 2.72. The minimum Gasteiger partial charge on any atom is -0.0616 e. The maximum Gasteiger partial charge on any atom is -0.00961 e. The van der Waals surface area contributed by atoms with Gasteiger partial charge in [-0.1, -0.05) is 80.1 Å². The maximum absolute atomic E-state index is 2.38. The highest BCUT2D eigenvalue weighted by molar-refractivity contribution is 6.25. The number of rotatable bonds is 1. The highest BCUT2D eigenvalue weighted by Crippen LogP contribution is 2.36. The Hall–Kier alpha value is -2.34. The number of hydrogen-bond acceptors (Lipinski definition) is 0. The van der Waals surface area contributed by atoms with Crippen molar-refractivity contribution in [3.8, 4) is 0 Å². The predicted octanol–water partition coefficient (Wildman–Crippen LogP) is 6.58. The molecule has 0 radical (unpaired) electrons. The summed E-state index contributed by atoms with van der Waals surface area (Å²) in [4.78, 5) is 0. The van der Waals surface area contributed by atoms with E-state index in [-0.39, 0.29) is 0 Å². The van der Waals surface area contributed by atoms with Crippen LogP contribution in [0.25, 0.3) is 32.3 Å². The van der Waals surface area contributed by atoms with E-state index in [1.54, 1.807) is 0 Å². The number of benzene rings is 4. The molecule has 0 aliphatic rings. The summed E-state index contributed by atoms with van der Waals surface area (Å²) < 4.78 is 0. The summed E-state index contributed by atoms with van der Waals surface area (Å²) in [6.45, 7) is 6.68. The van der Waals surface area contributed by atoms with Crippen molar-refractivity contribution in [2.75, 3.05) is 0 Å². The Labute approximate surface area is 131 Å². The van der Waals surface area contributed by atoms with E-state index in [0.717, 1.165) is 0 Å². The van der Waals surface area contributed by atoms with Gasteiger partial charge in [-0.15, -0.1) is 0 Å². The van der Waals surface area contributed by atoms with Gasteiger partial charge in [-0.25, -0.2) is 0 Å². The van der Waals surface area contributed by atoms with Crippen molar-refractivity contribution in [2.24, 2.45) is 0 Å². The van der Waals surface area contributed by atoms with E-state index in [4.69, 9.17) is 0 Å². The van der Waals surface area contributed by atoms with E-state index in [1.165, 1.54) is 43.4 Å². The zero-order valence-corrected chi connectivity index (χ0v) is 13.4. The standard InChI is InChI=1S/C22H20/c1-14(2)16-9-11-20-19-10-8-15(3)12-21(19)17-6-4-5-7-18(17)22(20)13-16/h4-14H,1-3H3. The summed E-state index contributed by atoms with van der Waals surface area (Å²) in [6.07, 6.45) is 0. The first-order valence-electron chi connectivity index (χ1n) is 8.00. The van der Waals surface area contributed by atoms with Crippen LogP contribution in [0.4, 0.5) is 0 Å². The van der Waals surface area contributed by atoms with Gasteiger partial charge in [0.25, 0.3) is 0 Å². The minimum absolute atomic E-state index is 0.553. The topological polar surface area (TPSA) is 0 Å². The fourth-order valence-corrected chi connectivity index (χ4v) is 3.45. The Kier molecular flexibility index (Phi) is 2.94. The lowest BCUT2D eigenvalue weighted by Gasteiger charge is -2.13. The molecule has 0 amide bonds. The van der Waals surface area contributed by atoms with Gasteiger partial charge in [0.2, 0.25) is 0 Å². The summed E-state index contributed by atoms with van der Waals surface area (Å²) in [5.74, 6) is 0.553. The van der Waals surface area contributed by atoms with Crippen LogP contribution in [0.1, 0.15) is 30.9 Å². The average molecular weight is 284 g/mol. The van der Waals surface area contributed by atoms with E-state index < -0.39 is 0 Å². The maximum atomic E-state index is 2.38. The van der Waals surface area contributed by atoms with Crippen LogP contribution < -0.4 is 0 Å². The van der Waals surface area contributed by atoms with Crippen LogP contribution in [0.2, 0.25) is 0 Å². The molecule has 108 valence electrons. The van der Waals surface area contributed by atoms with Crippen molar-refractivity contribution in [2.45, 2.75) is 26.7 Å². The predicted molar refractivity (Wildman–Crippen MR) is 97.8 cm³/mol. The van der Waals surface area contributed by atoms with Crippen molar-refractivity contribution in [1.29, 1.82) is 0 Å². The van der Waals surface area contributed by atoms with Gasteiger partial charge in [0, 0.05) is 0 Å². The van der Waals surface area contributed by atoms with Gasteiger partial charge < -0.3 is 0 Å². The molecule has 4 aromatic carbocycles. The normalized spacial score (nSPS) is 11.8. The molecule has 0 bridgehead atoms. The van der Waals surface area contributed by atoms with Gasteiger partial charge in [0.15, 0.2) is 0 Å². The lowest BCUT2D eigenvalue weighted by molar-refractivity contribution is 0.869. The molecule has 0 fully saturated rings. The van der Waals surface area contributed by atoms with Gasteiger partial charge >= 0.3 is 0 Å². The molecule has 0 saturated carbocycles. The molecule has 0 atom stereocenters. The molecular formula is C22H20. The van der Waals surface area contributed by atoms with Gasteiger partial charge in [-0.3, -0.25) is 0 Å². The molecule has 4 aromatic rings. The smallest absolute Gasteiger partial charge is 0.00961 e. The van der Waals surface area contributed by atoms with Gasteiger partial charge in [-0.05, 0) is 50.7 Å². The molecule has 0 aliphatic heterocycles. The fraction of sp³-hybridized carbons (Fsp3) is 0.182. The second-order valence-electron chi connectivity index (χ2n) is 6.55. The fourth-order valence-electron chi connectivity index (χ4n) is 3.45. The Bertz CT molecular complexity index is 986. The number of hydrogen-bond donors (Lipinski definition) is 0. The van der Waals surface area contributed by atoms with Gasteiger partial charge in [0.1, 0.15) is 0 Å². The van der Waals surface area contributed by atoms with Crippen molar-refractivity contribution in [3.63, 3.8) is 0 Å². The molecule has 0 aromatic heterocycles. The molecule has 0 nitrogen and oxygen atoms in total. The van der Waals surface area contributed by atoms with Crippen LogP contribution >= 0.6 is 0 Å². The molecule has 0 heteroatoms. The van der Waals surface area contributed by atoms with Gasteiger partial charge in [-0.2, -0.15) is 0 Å². The summed E-state index contributed by atoms with van der Waals surface area (Å²) >= 11 is 0. The number of fused-ring (bicyclic) bond motifs is 6. The molecule has 22 heavy (non-hydrogen) atoms. The monoisotopic (exact) mass is 284 g/mol. The summed E-state index contributed by atoms with van der Waals surface area (Å²) in [6, 6.07) is 22.5. The second kappa shape index (κ2) is 4.84. The van der Waals surface area contributed by atoms with Crippen LogP contribution in [0.3, 0.4) is 0 Å². The quantitative estimate of drug-likeness (QED) is 0.346. The van der Waals surface area contributed by atoms with E-state index in [9.17, 15) is 0 Å². The highest BCUT2D eigenvalue weighted by atomic mass is 14.1. The van der Waals surface area contributed by atoms with Crippen LogP contribution in [-0.2, 0) is 0 Å². The van der Waals surface area contributed by atoms with Crippen LogP contribution in [0.5, 0.6) is 0 Å². The molecular weight excluding hydrogens is 264 g/mol. The van der Waals surface area contributed by atoms with Crippen LogP contribution in [-0.4, -0.2) is 0 Å². The molecule has 4 rings (SSSR count). The minimum atomic E-state index is 0.553. The zero-order chi connectivity index (χ0) is 15.3. The van der Waals surface area contributed by atoms with E-state index in [0.29, 0.717) is 5.92 Å². The van der Waals surface area contributed by atoms with Crippen molar-refractivity contribution in [3.05, 3.63) is 71.8 Å². The zero-order valence-electron chi connectivity index (χ0n) is 13.4. The lowest BCUT2D eigenvalue weighted by Crippen LogP contribution is -1.89. The molecule has 0 heterocycles. The molecule has 0 saturated heterocycles. The van der Waals surface area contributed by atoms with Crippen molar-refractivity contribution < 1.29 is 0 Å². The molecule has 0 spiro atoms. The molecule has 0 aliphatic carbocycles. The number of aryl methyl sites for hydroxylation is 1. The summed E-state index contributed by atoms with van der Waals surface area (Å²) in [5, 5.41) is 8.17. The molecule has 0 unspecified atom stereocenters. The average Bonchev–Trinajstić information content (AvgIpc) is 2.54. The second-order valence-corrected chi connectivity index (χ2v) is 6.55. The third-order valence-electron chi connectivity index (χ3n) is 4.68. The Morgan fingerprint density at radius 1 is 0.591 bits per heavy atom. The lowest BCUT2D eigenvalue weighted by atomic mass is 9.91. The van der Waals surface area contributed by atoms with E-state index in [1.807, 2.05) is 0 Å². The van der Waals surface area contributed by atoms with Gasteiger partial charge in [0.05, 0.1) is 0 Å². The van der Waals surface area contributed by atoms with Crippen LogP contribution in [0, 0.1) is 6.92 Å². The Balaban J connectivity index is 2.29. The Morgan fingerprint density at radius 2 is 1.14 bits per heavy atom. The van der Waals surface area contributed by atoms with Crippen molar-refractivity contribution in [1.82, 2.24) is 0 Å².